The molecule has 0 radical (unpaired) electrons. The van der Waals surface area contributed by atoms with E-state index in [2.05, 4.69) is 20.4 Å². The van der Waals surface area contributed by atoms with E-state index in [9.17, 15) is 14.7 Å². The first-order valence-electron chi connectivity index (χ1n) is 16.4. The molecule has 11 heteroatoms. The van der Waals surface area contributed by atoms with Crippen molar-refractivity contribution in [2.24, 2.45) is 22.7 Å². The van der Waals surface area contributed by atoms with Gasteiger partial charge in [0, 0.05) is 35.7 Å². The molecule has 0 aliphatic carbocycles. The summed E-state index contributed by atoms with van der Waals surface area (Å²) >= 11 is 0. The molecule has 1 N–H and O–H groups in total. The van der Waals surface area contributed by atoms with Crippen LogP contribution in [-0.4, -0.2) is 120 Å². The first-order valence-corrected chi connectivity index (χ1v) is 16.4. The van der Waals surface area contributed by atoms with E-state index in [0.717, 1.165) is 5.71 Å². The summed E-state index contributed by atoms with van der Waals surface area (Å²) in [7, 11) is 3.88. The van der Waals surface area contributed by atoms with Gasteiger partial charge in [-0.3, -0.25) is 9.89 Å². The number of fused-ring (bicyclic) bond motifs is 1. The molecule has 4 aliphatic rings. The summed E-state index contributed by atoms with van der Waals surface area (Å²) in [6.07, 6.45) is 0.980. The number of carbonyl (C=O) groups excluding carboxylic acids is 2. The van der Waals surface area contributed by atoms with Crippen molar-refractivity contribution < 1.29 is 38.4 Å². The number of carbonyl (C=O) groups is 2. The zero-order valence-corrected chi connectivity index (χ0v) is 28.8. The van der Waals surface area contributed by atoms with Crippen LogP contribution in [-0.2, 0) is 28.5 Å². The monoisotopic (exact) mass is 633 g/mol. The van der Waals surface area contributed by atoms with E-state index in [1.54, 1.807) is 24.8 Å². The average Bonchev–Trinajstić information content (AvgIpc) is 3.09. The number of cyclic esters (lactones) is 1. The van der Waals surface area contributed by atoms with Gasteiger partial charge in [0.15, 0.2) is 11.9 Å². The predicted octanol–water partition coefficient (Wildman–Crippen LogP) is 3.98. The van der Waals surface area contributed by atoms with E-state index >= 15 is 0 Å². The van der Waals surface area contributed by atoms with Gasteiger partial charge in [-0.05, 0) is 67.5 Å². The SMILES string of the molecule is C=CCO[C@@]1(C)C[C@@H](C)C2=NCCN3C(=O)O[C@](C)([C@@H](C)OC(=O)/C(C)=C/[C@H](C)[C@H]1O[C@H]1O[C@@H](C)C[C@@H](N(C)C)C1O)[C@H]3[C@H]2C. The van der Waals surface area contributed by atoms with Gasteiger partial charge in [-0.15, -0.1) is 6.58 Å². The molecule has 4 rings (SSSR count). The van der Waals surface area contributed by atoms with E-state index in [1.165, 1.54) is 0 Å². The summed E-state index contributed by atoms with van der Waals surface area (Å²) < 4.78 is 31.6. The molecule has 0 aromatic carbocycles. The zero-order chi connectivity index (χ0) is 33.4. The molecular formula is C34H55N3O8. The molecule has 45 heavy (non-hydrogen) atoms. The molecule has 4 aliphatic heterocycles. The topological polar surface area (TPSA) is 119 Å². The fraction of sp³-hybridized carbons (Fsp3) is 0.794. The van der Waals surface area contributed by atoms with E-state index in [1.807, 2.05) is 52.8 Å². The van der Waals surface area contributed by atoms with Crippen LogP contribution in [0.25, 0.3) is 0 Å². The molecular weight excluding hydrogens is 578 g/mol. The summed E-state index contributed by atoms with van der Waals surface area (Å²) in [5.74, 6) is -1.14. The fourth-order valence-corrected chi connectivity index (χ4v) is 8.01. The van der Waals surface area contributed by atoms with Crippen LogP contribution in [0, 0.1) is 17.8 Å². The predicted molar refractivity (Wildman–Crippen MR) is 171 cm³/mol. The van der Waals surface area contributed by atoms with Crippen LogP contribution in [0.3, 0.4) is 0 Å². The van der Waals surface area contributed by atoms with Crippen LogP contribution in [0.4, 0.5) is 4.79 Å². The highest BCUT2D eigenvalue weighted by Crippen LogP contribution is 2.43. The Morgan fingerprint density at radius 3 is 2.53 bits per heavy atom. The summed E-state index contributed by atoms with van der Waals surface area (Å²) in [6, 6.07) is -0.541. The standard InChI is InChI=1S/C34H55N3O8/c1-12-15-41-33(8)18-21(4)26-23(6)28-34(9,45-32(40)37(28)14-13-35-26)24(7)43-30(39)20(3)16-19(2)29(33)44-31-27(38)25(36(10)11)17-22(5)42-31/h12,16,19,21-25,27-29,31,38H,1,13-15,17-18H2,2-11H3/b20-16+/t19-,21+,22-,23-,24+,25+,27?,28+,29+,31+,33-,34+/m0/s1. The highest BCUT2D eigenvalue weighted by atomic mass is 16.7. The second-order valence-electron chi connectivity index (χ2n) is 14.2. The maximum absolute atomic E-state index is 13.5. The van der Waals surface area contributed by atoms with Crippen molar-refractivity contribution in [2.75, 3.05) is 33.8 Å². The van der Waals surface area contributed by atoms with Crippen molar-refractivity contribution >= 4 is 17.8 Å². The largest absolute Gasteiger partial charge is 0.455 e. The van der Waals surface area contributed by atoms with Crippen molar-refractivity contribution in [2.45, 2.75) is 122 Å². The Morgan fingerprint density at radius 2 is 1.89 bits per heavy atom. The Bertz CT molecular complexity index is 1170. The first kappa shape index (κ1) is 35.5. The summed E-state index contributed by atoms with van der Waals surface area (Å²) in [6.45, 7) is 20.5. The van der Waals surface area contributed by atoms with E-state index in [4.69, 9.17) is 28.7 Å². The van der Waals surface area contributed by atoms with Crippen molar-refractivity contribution in [1.29, 1.82) is 0 Å². The van der Waals surface area contributed by atoms with Gasteiger partial charge in [0.2, 0.25) is 0 Å². The summed E-state index contributed by atoms with van der Waals surface area (Å²) in [5, 5.41) is 11.4. The van der Waals surface area contributed by atoms with Gasteiger partial charge in [0.05, 0.1) is 37.0 Å². The number of likely N-dealkylation sites (N-methyl/N-ethyl adjacent to an activating group) is 1. The summed E-state index contributed by atoms with van der Waals surface area (Å²) in [4.78, 5) is 35.4. The van der Waals surface area contributed by atoms with Gasteiger partial charge in [0.1, 0.15) is 12.2 Å². The number of aliphatic imine (C=N–C) groups is 1. The number of hydrogen-bond donors (Lipinski definition) is 1. The normalized spacial score (nSPS) is 44.2. The quantitative estimate of drug-likeness (QED) is 0.342. The minimum atomic E-state index is -1.07. The molecule has 2 saturated heterocycles. The Kier molecular flexibility index (Phi) is 10.9. The van der Waals surface area contributed by atoms with Crippen LogP contribution >= 0.6 is 0 Å². The third-order valence-corrected chi connectivity index (χ3v) is 10.3. The van der Waals surface area contributed by atoms with E-state index < -0.39 is 47.9 Å². The molecule has 1 unspecified atom stereocenters. The van der Waals surface area contributed by atoms with Crippen LogP contribution in [0.5, 0.6) is 0 Å². The Morgan fingerprint density at radius 1 is 1.20 bits per heavy atom. The highest BCUT2D eigenvalue weighted by molar-refractivity contribution is 5.91. The lowest BCUT2D eigenvalue weighted by molar-refractivity contribution is -0.295. The lowest BCUT2D eigenvalue weighted by Gasteiger charge is -2.47. The molecule has 1 amide bonds. The number of ether oxygens (including phenoxy) is 5. The van der Waals surface area contributed by atoms with Gasteiger partial charge < -0.3 is 33.7 Å². The van der Waals surface area contributed by atoms with E-state index in [0.29, 0.717) is 31.5 Å². The molecule has 254 valence electrons. The molecule has 2 bridgehead atoms. The van der Waals surface area contributed by atoms with Crippen LogP contribution < -0.4 is 0 Å². The first-order chi connectivity index (χ1) is 21.0. The molecule has 0 spiro atoms. The van der Waals surface area contributed by atoms with Crippen molar-refractivity contribution in [3.63, 3.8) is 0 Å². The maximum Gasteiger partial charge on any atom is 0.410 e. The van der Waals surface area contributed by atoms with Crippen molar-refractivity contribution in [3.05, 3.63) is 24.3 Å². The molecule has 12 atom stereocenters. The van der Waals surface area contributed by atoms with Gasteiger partial charge in [0.25, 0.3) is 0 Å². The minimum Gasteiger partial charge on any atom is -0.455 e. The molecule has 4 heterocycles. The zero-order valence-electron chi connectivity index (χ0n) is 28.8. The number of rotatable bonds is 6. The number of aliphatic hydroxyl groups is 1. The van der Waals surface area contributed by atoms with Crippen molar-refractivity contribution in [1.82, 2.24) is 9.80 Å². The lowest BCUT2D eigenvalue weighted by Crippen LogP contribution is -2.59. The van der Waals surface area contributed by atoms with Crippen molar-refractivity contribution in [3.8, 4) is 0 Å². The highest BCUT2D eigenvalue weighted by Gasteiger charge is 2.59. The Hall–Kier alpha value is -2.31. The molecule has 0 aromatic heterocycles. The molecule has 0 aromatic rings. The van der Waals surface area contributed by atoms with Gasteiger partial charge in [-0.25, -0.2) is 9.59 Å². The van der Waals surface area contributed by atoms with E-state index in [-0.39, 0.29) is 42.5 Å². The molecule has 2 fully saturated rings. The number of nitrogens with zero attached hydrogens (tertiary/aromatic N) is 3. The Balaban J connectivity index is 1.82. The third-order valence-electron chi connectivity index (χ3n) is 10.3. The summed E-state index contributed by atoms with van der Waals surface area (Å²) in [5.41, 5.74) is -0.661. The second kappa shape index (κ2) is 13.8. The van der Waals surface area contributed by atoms with Crippen LogP contribution in [0.2, 0.25) is 0 Å². The fourth-order valence-electron chi connectivity index (χ4n) is 8.01. The maximum atomic E-state index is 13.5. The Labute approximate surface area is 268 Å². The van der Waals surface area contributed by atoms with Gasteiger partial charge in [-0.2, -0.15) is 0 Å². The number of esters is 1. The smallest absolute Gasteiger partial charge is 0.410 e. The molecule has 0 saturated carbocycles. The average molecular weight is 634 g/mol. The molecule has 11 nitrogen and oxygen atoms in total. The third kappa shape index (κ3) is 7.02. The number of hydrogen-bond acceptors (Lipinski definition) is 10. The van der Waals surface area contributed by atoms with Crippen LogP contribution in [0.15, 0.2) is 29.3 Å². The van der Waals surface area contributed by atoms with Gasteiger partial charge in [-0.1, -0.05) is 32.9 Å². The number of amides is 1. The van der Waals surface area contributed by atoms with Gasteiger partial charge >= 0.3 is 12.1 Å². The second-order valence-corrected chi connectivity index (χ2v) is 14.2. The van der Waals surface area contributed by atoms with Crippen LogP contribution in [0.1, 0.15) is 68.2 Å². The number of aliphatic hydroxyl groups excluding tert-OH is 1. The lowest BCUT2D eigenvalue weighted by atomic mass is 9.74. The minimum absolute atomic E-state index is 0.0791.